The lowest BCUT2D eigenvalue weighted by molar-refractivity contribution is -0.104. The van der Waals surface area contributed by atoms with E-state index in [2.05, 4.69) is 9.47 Å². The zero-order valence-corrected chi connectivity index (χ0v) is 8.86. The fourth-order valence-corrected chi connectivity index (χ4v) is 1.16. The summed E-state index contributed by atoms with van der Waals surface area (Å²) in [6.07, 6.45) is 2.91. The maximum absolute atomic E-state index is 12.1. The minimum absolute atomic E-state index is 0.333. The number of halogens is 4. The molecule has 0 saturated heterocycles. The van der Waals surface area contributed by atoms with E-state index in [0.29, 0.717) is 11.8 Å². The average molecular weight is 264 g/mol. The molecule has 0 amide bonds. The lowest BCUT2D eigenvalue weighted by Crippen LogP contribution is -2.07. The second-order valence-electron chi connectivity index (χ2n) is 2.96. The van der Waals surface area contributed by atoms with Crippen molar-refractivity contribution in [1.29, 1.82) is 0 Å². The second kappa shape index (κ2) is 6.63. The van der Waals surface area contributed by atoms with Gasteiger partial charge in [0.2, 0.25) is 0 Å². The summed E-state index contributed by atoms with van der Waals surface area (Å²) in [5.74, 6) is -1.04. The summed E-state index contributed by atoms with van der Waals surface area (Å²) < 4.78 is 56.3. The predicted molar refractivity (Wildman–Crippen MR) is 54.8 cm³/mol. The van der Waals surface area contributed by atoms with Gasteiger partial charge in [0.1, 0.15) is 6.29 Å². The Labute approximate surface area is 99.6 Å². The Morgan fingerprint density at radius 3 is 2.17 bits per heavy atom. The van der Waals surface area contributed by atoms with Crippen LogP contribution in [0.25, 0.3) is 6.08 Å². The van der Waals surface area contributed by atoms with Crippen LogP contribution in [0.2, 0.25) is 0 Å². The number of carbonyl (C=O) groups excluding carboxylic acids is 1. The molecule has 1 aromatic carbocycles. The highest BCUT2D eigenvalue weighted by atomic mass is 19.3. The van der Waals surface area contributed by atoms with Gasteiger partial charge in [-0.05, 0) is 23.8 Å². The molecule has 98 valence electrons. The van der Waals surface area contributed by atoms with Crippen molar-refractivity contribution in [2.24, 2.45) is 0 Å². The SMILES string of the molecule is O=C/C=C/c1ccc(OC(F)F)c(OC(F)F)c1. The van der Waals surface area contributed by atoms with Gasteiger partial charge < -0.3 is 9.47 Å². The van der Waals surface area contributed by atoms with Crippen molar-refractivity contribution >= 4 is 12.4 Å². The number of alkyl halides is 4. The molecule has 3 nitrogen and oxygen atoms in total. The molecule has 0 atom stereocenters. The van der Waals surface area contributed by atoms with Crippen LogP contribution in [0.5, 0.6) is 11.5 Å². The highest BCUT2D eigenvalue weighted by Gasteiger charge is 2.14. The molecule has 0 N–H and O–H groups in total. The molecular formula is C11H8F4O3. The zero-order valence-electron chi connectivity index (χ0n) is 8.86. The molecule has 0 aliphatic carbocycles. The largest absolute Gasteiger partial charge is 0.431 e. The minimum atomic E-state index is -3.17. The van der Waals surface area contributed by atoms with Crippen molar-refractivity contribution in [3.63, 3.8) is 0 Å². The van der Waals surface area contributed by atoms with Gasteiger partial charge >= 0.3 is 13.2 Å². The number of hydrogen-bond acceptors (Lipinski definition) is 3. The molecule has 0 fully saturated rings. The molecule has 0 saturated carbocycles. The summed E-state index contributed by atoms with van der Waals surface area (Å²) in [5.41, 5.74) is 0.333. The molecule has 0 aromatic heterocycles. The van der Waals surface area contributed by atoms with E-state index in [-0.39, 0.29) is 0 Å². The fourth-order valence-electron chi connectivity index (χ4n) is 1.16. The van der Waals surface area contributed by atoms with Crippen molar-refractivity contribution in [2.45, 2.75) is 13.2 Å². The molecule has 0 heterocycles. The highest BCUT2D eigenvalue weighted by Crippen LogP contribution is 2.31. The number of carbonyl (C=O) groups is 1. The molecule has 0 bridgehead atoms. The summed E-state index contributed by atoms with van der Waals surface area (Å²) in [6.45, 7) is -6.32. The van der Waals surface area contributed by atoms with E-state index in [1.165, 1.54) is 12.1 Å². The monoisotopic (exact) mass is 264 g/mol. The molecule has 1 rings (SSSR count). The quantitative estimate of drug-likeness (QED) is 0.450. The molecule has 0 aliphatic heterocycles. The Kier molecular flexibility index (Phi) is 5.16. The Bertz CT molecular complexity index is 432. The van der Waals surface area contributed by atoms with Crippen LogP contribution < -0.4 is 9.47 Å². The van der Waals surface area contributed by atoms with Gasteiger partial charge in [-0.15, -0.1) is 0 Å². The summed E-state index contributed by atoms with van der Waals surface area (Å²) in [7, 11) is 0. The first-order valence-electron chi connectivity index (χ1n) is 4.68. The van der Waals surface area contributed by atoms with Crippen molar-refractivity contribution in [2.75, 3.05) is 0 Å². The van der Waals surface area contributed by atoms with Crippen LogP contribution in [0, 0.1) is 0 Å². The minimum Gasteiger partial charge on any atom is -0.431 e. The van der Waals surface area contributed by atoms with Gasteiger partial charge in [0.25, 0.3) is 0 Å². The zero-order chi connectivity index (χ0) is 13.5. The van der Waals surface area contributed by atoms with Crippen LogP contribution in [0.1, 0.15) is 5.56 Å². The molecule has 0 radical (unpaired) electrons. The normalized spacial score (nSPS) is 11.2. The Morgan fingerprint density at radius 1 is 1.00 bits per heavy atom. The lowest BCUT2D eigenvalue weighted by atomic mass is 10.2. The highest BCUT2D eigenvalue weighted by molar-refractivity contribution is 5.74. The maximum Gasteiger partial charge on any atom is 0.387 e. The lowest BCUT2D eigenvalue weighted by Gasteiger charge is -2.12. The van der Waals surface area contributed by atoms with E-state index in [9.17, 15) is 22.4 Å². The van der Waals surface area contributed by atoms with E-state index >= 15 is 0 Å². The average Bonchev–Trinajstić information content (AvgIpc) is 2.28. The number of ether oxygens (including phenoxy) is 2. The maximum atomic E-state index is 12.1. The first-order chi connectivity index (χ1) is 8.52. The van der Waals surface area contributed by atoms with E-state index < -0.39 is 24.7 Å². The van der Waals surface area contributed by atoms with Gasteiger partial charge in [-0.3, -0.25) is 4.79 Å². The first kappa shape index (κ1) is 14.0. The second-order valence-corrected chi connectivity index (χ2v) is 2.96. The van der Waals surface area contributed by atoms with Crippen LogP contribution >= 0.6 is 0 Å². The van der Waals surface area contributed by atoms with Gasteiger partial charge in [-0.25, -0.2) is 0 Å². The molecule has 1 aromatic rings. The third-order valence-corrected chi connectivity index (χ3v) is 1.77. The van der Waals surface area contributed by atoms with Gasteiger partial charge in [0, 0.05) is 0 Å². The topological polar surface area (TPSA) is 35.5 Å². The van der Waals surface area contributed by atoms with E-state index in [1.54, 1.807) is 0 Å². The number of hydrogen-bond donors (Lipinski definition) is 0. The van der Waals surface area contributed by atoms with Gasteiger partial charge in [-0.2, -0.15) is 17.6 Å². The van der Waals surface area contributed by atoms with E-state index in [1.807, 2.05) is 0 Å². The molecule has 18 heavy (non-hydrogen) atoms. The summed E-state index contributed by atoms with van der Waals surface area (Å²) in [6, 6.07) is 3.42. The number of allylic oxidation sites excluding steroid dienone is 1. The van der Waals surface area contributed by atoms with Crippen LogP contribution in [0.15, 0.2) is 24.3 Å². The molecular weight excluding hydrogens is 256 g/mol. The van der Waals surface area contributed by atoms with Crippen molar-refractivity contribution < 1.29 is 31.8 Å². The third kappa shape index (κ3) is 4.44. The van der Waals surface area contributed by atoms with Crippen molar-refractivity contribution in [3.8, 4) is 11.5 Å². The Balaban J connectivity index is 3.03. The van der Waals surface area contributed by atoms with E-state index in [0.717, 1.165) is 18.2 Å². The molecule has 0 spiro atoms. The fraction of sp³-hybridized carbons (Fsp3) is 0.182. The summed E-state index contributed by atoms with van der Waals surface area (Å²) >= 11 is 0. The summed E-state index contributed by atoms with van der Waals surface area (Å²) in [5, 5.41) is 0. The van der Waals surface area contributed by atoms with Gasteiger partial charge in [0.15, 0.2) is 11.5 Å². The Hall–Kier alpha value is -2.05. The van der Waals surface area contributed by atoms with Crippen LogP contribution in [-0.4, -0.2) is 19.5 Å². The smallest absolute Gasteiger partial charge is 0.387 e. The van der Waals surface area contributed by atoms with E-state index in [4.69, 9.17) is 0 Å². The molecule has 7 heteroatoms. The van der Waals surface area contributed by atoms with Crippen LogP contribution in [0.4, 0.5) is 17.6 Å². The van der Waals surface area contributed by atoms with Crippen LogP contribution in [-0.2, 0) is 4.79 Å². The number of rotatable bonds is 6. The number of aldehydes is 1. The predicted octanol–water partition coefficient (Wildman–Crippen LogP) is 3.10. The van der Waals surface area contributed by atoms with Crippen LogP contribution in [0.3, 0.4) is 0 Å². The van der Waals surface area contributed by atoms with Crippen molar-refractivity contribution in [1.82, 2.24) is 0 Å². The van der Waals surface area contributed by atoms with Crippen molar-refractivity contribution in [3.05, 3.63) is 29.8 Å². The standard InChI is InChI=1S/C11H8F4O3/c12-10(13)17-8-4-3-7(2-1-5-16)6-9(8)18-11(14)15/h1-6,10-11H/b2-1+. The Morgan fingerprint density at radius 2 is 1.61 bits per heavy atom. The first-order valence-corrected chi connectivity index (χ1v) is 4.68. The van der Waals surface area contributed by atoms with Gasteiger partial charge in [-0.1, -0.05) is 12.1 Å². The summed E-state index contributed by atoms with van der Waals surface area (Å²) in [4.78, 5) is 10.1. The third-order valence-electron chi connectivity index (χ3n) is 1.77. The molecule has 0 unspecified atom stereocenters. The number of benzene rings is 1. The molecule has 0 aliphatic rings. The van der Waals surface area contributed by atoms with Gasteiger partial charge in [0.05, 0.1) is 0 Å².